The molecule has 1 aromatic rings. The summed E-state index contributed by atoms with van der Waals surface area (Å²) >= 11 is 7.06. The molecule has 0 aromatic heterocycles. The zero-order valence-corrected chi connectivity index (χ0v) is 24.9. The molecule has 1 heterocycles. The van der Waals surface area contributed by atoms with Gasteiger partial charge >= 0.3 is 0 Å². The SMILES string of the molecule is C=C/C=C(\C)CC[C@@H](C[C@H](O)CC(=O)N1C(=S)SC[C@@H]1Cc1ccccc1)O[Si](C)(C)C(C)(C)C. The Hall–Kier alpha value is -1.25. The Morgan fingerprint density at radius 3 is 2.60 bits per heavy atom. The molecule has 2 rings (SSSR count). The lowest BCUT2D eigenvalue weighted by atomic mass is 10.0. The summed E-state index contributed by atoms with van der Waals surface area (Å²) in [5.74, 6) is 0.698. The number of hydrogen-bond acceptors (Lipinski definition) is 5. The maximum Gasteiger partial charge on any atom is 0.230 e. The largest absolute Gasteiger partial charge is 0.414 e. The van der Waals surface area contributed by atoms with Crippen LogP contribution in [0.1, 0.15) is 58.9 Å². The number of nitrogens with zero attached hydrogens (tertiary/aromatic N) is 1. The Bertz CT molecular complexity index is 895. The minimum absolute atomic E-state index is 0.0283. The number of benzene rings is 1. The lowest BCUT2D eigenvalue weighted by molar-refractivity contribution is -0.130. The maximum atomic E-state index is 13.3. The third-order valence-corrected chi connectivity index (χ3v) is 13.1. The molecular weight excluding hydrogens is 491 g/mol. The van der Waals surface area contributed by atoms with Gasteiger partial charge in [-0.2, -0.15) is 0 Å². The van der Waals surface area contributed by atoms with E-state index in [0.29, 0.717) is 10.7 Å². The first-order valence-electron chi connectivity index (χ1n) is 12.5. The number of amides is 1. The second-order valence-electron chi connectivity index (χ2n) is 11.1. The molecule has 3 atom stereocenters. The fourth-order valence-corrected chi connectivity index (χ4v) is 6.83. The lowest BCUT2D eigenvalue weighted by Crippen LogP contribution is -2.45. The summed E-state index contributed by atoms with van der Waals surface area (Å²) < 4.78 is 7.31. The fraction of sp³-hybridized carbons (Fsp3) is 0.571. The monoisotopic (exact) mass is 533 g/mol. The lowest BCUT2D eigenvalue weighted by Gasteiger charge is -2.40. The van der Waals surface area contributed by atoms with E-state index in [0.717, 1.165) is 25.0 Å². The zero-order chi connectivity index (χ0) is 26.2. The second-order valence-corrected chi connectivity index (χ2v) is 17.5. The van der Waals surface area contributed by atoms with Gasteiger partial charge in [-0.1, -0.05) is 99.4 Å². The van der Waals surface area contributed by atoms with Gasteiger partial charge in [0.1, 0.15) is 4.32 Å². The number of hydrogen-bond donors (Lipinski definition) is 1. The molecule has 1 saturated heterocycles. The molecule has 0 bridgehead atoms. The first-order chi connectivity index (χ1) is 16.3. The van der Waals surface area contributed by atoms with Crippen LogP contribution in [-0.2, 0) is 15.6 Å². The van der Waals surface area contributed by atoms with Crippen LogP contribution >= 0.6 is 24.0 Å². The van der Waals surface area contributed by atoms with Crippen LogP contribution in [0.5, 0.6) is 0 Å². The van der Waals surface area contributed by atoms with Gasteiger partial charge in [0.25, 0.3) is 0 Å². The average molecular weight is 534 g/mol. The molecule has 0 saturated carbocycles. The standard InChI is InChI=1S/C28H43NO3S2Si/c1-8-12-21(2)15-16-25(32-35(6,7)28(3,4)5)18-24(30)19-26(31)29-23(20-34-27(29)33)17-22-13-10-9-11-14-22/h8-14,23-25,30H,1,15-20H2,2-7H3/b21-12+/t23-,24-,25-/m0/s1. The normalized spacial score (nSPS) is 19.1. The molecule has 7 heteroatoms. The Morgan fingerprint density at radius 2 is 2.00 bits per heavy atom. The second kappa shape index (κ2) is 13.3. The highest BCUT2D eigenvalue weighted by Gasteiger charge is 2.40. The molecule has 4 nitrogen and oxygen atoms in total. The first kappa shape index (κ1) is 30.0. The third-order valence-electron chi connectivity index (χ3n) is 7.02. The highest BCUT2D eigenvalue weighted by Crippen LogP contribution is 2.38. The van der Waals surface area contributed by atoms with Gasteiger partial charge in [0.2, 0.25) is 5.91 Å². The van der Waals surface area contributed by atoms with Gasteiger partial charge in [0, 0.05) is 11.9 Å². The Morgan fingerprint density at radius 1 is 1.34 bits per heavy atom. The van der Waals surface area contributed by atoms with E-state index in [1.165, 1.54) is 11.1 Å². The van der Waals surface area contributed by atoms with Gasteiger partial charge in [-0.25, -0.2) is 0 Å². The molecule has 1 amide bonds. The van der Waals surface area contributed by atoms with Crippen LogP contribution in [0.2, 0.25) is 18.1 Å². The van der Waals surface area contributed by atoms with Crippen molar-refractivity contribution in [2.75, 3.05) is 5.75 Å². The number of aliphatic hydroxyl groups excluding tert-OH is 1. The van der Waals surface area contributed by atoms with Crippen LogP contribution in [0.4, 0.5) is 0 Å². The number of carbonyl (C=O) groups excluding carboxylic acids is 1. The van der Waals surface area contributed by atoms with Gasteiger partial charge in [0.15, 0.2) is 8.32 Å². The van der Waals surface area contributed by atoms with Crippen molar-refractivity contribution in [3.63, 3.8) is 0 Å². The fourth-order valence-electron chi connectivity index (χ4n) is 3.98. The van der Waals surface area contributed by atoms with Crippen LogP contribution in [0.15, 0.2) is 54.6 Å². The molecule has 1 aromatic carbocycles. The minimum atomic E-state index is -2.03. The van der Waals surface area contributed by atoms with Crippen molar-refractivity contribution in [1.82, 2.24) is 4.90 Å². The highest BCUT2D eigenvalue weighted by molar-refractivity contribution is 8.23. The van der Waals surface area contributed by atoms with Crippen molar-refractivity contribution in [3.8, 4) is 0 Å². The van der Waals surface area contributed by atoms with Crippen LogP contribution in [0, 0.1) is 0 Å². The highest BCUT2D eigenvalue weighted by atomic mass is 32.2. The van der Waals surface area contributed by atoms with E-state index >= 15 is 0 Å². The van der Waals surface area contributed by atoms with E-state index in [-0.39, 0.29) is 29.5 Å². The summed E-state index contributed by atoms with van der Waals surface area (Å²) in [6.45, 7) is 17.0. The van der Waals surface area contributed by atoms with Gasteiger partial charge in [-0.3, -0.25) is 9.69 Å². The first-order valence-corrected chi connectivity index (χ1v) is 16.8. The number of aliphatic hydroxyl groups is 1. The maximum absolute atomic E-state index is 13.3. The number of allylic oxidation sites excluding steroid dienone is 3. The van der Waals surface area contributed by atoms with E-state index < -0.39 is 14.4 Å². The number of thioether (sulfide) groups is 1. The predicted octanol–water partition coefficient (Wildman–Crippen LogP) is 6.90. The molecule has 0 radical (unpaired) electrons. The predicted molar refractivity (Wildman–Crippen MR) is 156 cm³/mol. The molecule has 35 heavy (non-hydrogen) atoms. The number of rotatable bonds is 12. The van der Waals surface area contributed by atoms with Crippen molar-refractivity contribution in [1.29, 1.82) is 0 Å². The van der Waals surface area contributed by atoms with Crippen LogP contribution in [0.25, 0.3) is 0 Å². The minimum Gasteiger partial charge on any atom is -0.414 e. The topological polar surface area (TPSA) is 49.8 Å². The van der Waals surface area contributed by atoms with Crippen molar-refractivity contribution in [2.24, 2.45) is 0 Å². The van der Waals surface area contributed by atoms with Gasteiger partial charge in [-0.05, 0) is 56.3 Å². The van der Waals surface area contributed by atoms with E-state index in [9.17, 15) is 9.90 Å². The van der Waals surface area contributed by atoms with Crippen molar-refractivity contribution in [2.45, 2.75) is 96.2 Å². The molecule has 0 unspecified atom stereocenters. The summed E-state index contributed by atoms with van der Waals surface area (Å²) in [7, 11) is -2.03. The quantitative estimate of drug-likeness (QED) is 0.180. The van der Waals surface area contributed by atoms with E-state index in [1.807, 2.05) is 24.3 Å². The molecule has 1 aliphatic rings. The third kappa shape index (κ3) is 9.28. The molecule has 194 valence electrons. The summed E-state index contributed by atoms with van der Waals surface area (Å²) in [6.07, 6.45) is 5.89. The molecule has 1 fully saturated rings. The molecule has 0 spiro atoms. The van der Waals surface area contributed by atoms with Crippen LogP contribution in [0.3, 0.4) is 0 Å². The van der Waals surface area contributed by atoms with Crippen molar-refractivity contribution >= 4 is 42.5 Å². The van der Waals surface area contributed by atoms with Gasteiger partial charge < -0.3 is 9.53 Å². The van der Waals surface area contributed by atoms with E-state index in [1.54, 1.807) is 22.7 Å². The average Bonchev–Trinajstić information content (AvgIpc) is 3.11. The molecule has 0 aliphatic carbocycles. The number of thiocarbonyl (C=S) groups is 1. The zero-order valence-electron chi connectivity index (χ0n) is 22.3. The smallest absolute Gasteiger partial charge is 0.230 e. The van der Waals surface area contributed by atoms with E-state index in [4.69, 9.17) is 16.6 Å². The van der Waals surface area contributed by atoms with Gasteiger partial charge in [-0.15, -0.1) is 0 Å². The van der Waals surface area contributed by atoms with Crippen LogP contribution in [-0.4, -0.2) is 52.6 Å². The summed E-state index contributed by atoms with van der Waals surface area (Å²) in [4.78, 5) is 15.0. The Kier molecular flexibility index (Phi) is 11.4. The Labute approximate surface area is 223 Å². The molecule has 1 N–H and O–H groups in total. The Balaban J connectivity index is 2.06. The van der Waals surface area contributed by atoms with Crippen molar-refractivity contribution in [3.05, 3.63) is 60.2 Å². The summed E-state index contributed by atoms with van der Waals surface area (Å²) in [5.41, 5.74) is 2.42. The molecular formula is C28H43NO3S2Si. The summed E-state index contributed by atoms with van der Waals surface area (Å²) in [6, 6.07) is 10.2. The summed E-state index contributed by atoms with van der Waals surface area (Å²) in [5, 5.41) is 11.1. The van der Waals surface area contributed by atoms with Crippen molar-refractivity contribution < 1.29 is 14.3 Å². The molecule has 1 aliphatic heterocycles. The van der Waals surface area contributed by atoms with E-state index in [2.05, 4.69) is 59.5 Å². The van der Waals surface area contributed by atoms with Crippen LogP contribution < -0.4 is 0 Å². The number of carbonyl (C=O) groups is 1. The van der Waals surface area contributed by atoms with Gasteiger partial charge in [0.05, 0.1) is 18.6 Å².